The van der Waals surface area contributed by atoms with E-state index in [1.54, 1.807) is 0 Å². The summed E-state index contributed by atoms with van der Waals surface area (Å²) < 4.78 is 16.8. The molecule has 0 aliphatic rings. The van der Waals surface area contributed by atoms with Gasteiger partial charge in [0.15, 0.2) is 6.10 Å². The molecule has 0 heterocycles. The first-order chi connectivity index (χ1) is 32.5. The lowest BCUT2D eigenvalue weighted by Crippen LogP contribution is -2.30. The first-order valence-corrected chi connectivity index (χ1v) is 27.9. The molecule has 0 amide bonds. The average molecular weight is 921 g/mol. The van der Waals surface area contributed by atoms with Crippen molar-refractivity contribution in [3.05, 3.63) is 72.9 Å². The maximum Gasteiger partial charge on any atom is 0.306 e. The molecule has 0 aromatic carbocycles. The summed E-state index contributed by atoms with van der Waals surface area (Å²) in [5, 5.41) is 0. The Labute approximate surface area is 408 Å². The summed E-state index contributed by atoms with van der Waals surface area (Å²) in [7, 11) is 0. The largest absolute Gasteiger partial charge is 0.462 e. The molecule has 0 rings (SSSR count). The van der Waals surface area contributed by atoms with Gasteiger partial charge in [-0.3, -0.25) is 14.4 Å². The van der Waals surface area contributed by atoms with E-state index in [1.807, 2.05) is 0 Å². The van der Waals surface area contributed by atoms with Gasteiger partial charge in [0.05, 0.1) is 0 Å². The summed E-state index contributed by atoms with van der Waals surface area (Å²) in [5.41, 5.74) is 0. The Bertz CT molecular complexity index is 1240. The average Bonchev–Trinajstić information content (AvgIpc) is 3.31. The second-order valence-corrected chi connectivity index (χ2v) is 18.5. The number of esters is 3. The van der Waals surface area contributed by atoms with Crippen LogP contribution < -0.4 is 0 Å². The van der Waals surface area contributed by atoms with Crippen molar-refractivity contribution in [2.24, 2.45) is 0 Å². The van der Waals surface area contributed by atoms with Gasteiger partial charge in [-0.25, -0.2) is 0 Å². The standard InChI is InChI=1S/C60H104O6/c1-4-7-10-13-16-19-22-25-27-28-29-30-31-32-33-36-38-41-44-47-50-53-59(62)65-56-57(55-64-58(61)52-49-46-43-40-37-34-24-21-18-15-12-9-6-3)66-60(63)54-51-48-45-42-39-35-26-23-20-17-14-11-8-5-2/h9,12,18,21-22,25,28-29,31-32,34,37,57H,4-8,10-11,13-17,19-20,23-24,26-27,30,33,35-36,38-56H2,1-3H3/b12-9-,21-18-,25-22-,29-28-,32-31-,37-34-. The summed E-state index contributed by atoms with van der Waals surface area (Å²) in [6.07, 6.45) is 68.9. The quantitative estimate of drug-likeness (QED) is 0.0262. The van der Waals surface area contributed by atoms with Gasteiger partial charge in [-0.15, -0.1) is 0 Å². The summed E-state index contributed by atoms with van der Waals surface area (Å²) in [4.78, 5) is 38.1. The van der Waals surface area contributed by atoms with Crippen LogP contribution in [0, 0.1) is 0 Å². The normalized spacial score (nSPS) is 12.6. The van der Waals surface area contributed by atoms with E-state index in [4.69, 9.17) is 14.2 Å². The van der Waals surface area contributed by atoms with Crippen LogP contribution in [0.3, 0.4) is 0 Å². The highest BCUT2D eigenvalue weighted by Crippen LogP contribution is 2.15. The van der Waals surface area contributed by atoms with E-state index in [2.05, 4.69) is 93.7 Å². The van der Waals surface area contributed by atoms with E-state index in [-0.39, 0.29) is 31.1 Å². The van der Waals surface area contributed by atoms with E-state index >= 15 is 0 Å². The molecule has 0 saturated carbocycles. The molecule has 0 saturated heterocycles. The Morgan fingerprint density at radius 2 is 0.591 bits per heavy atom. The third-order valence-corrected chi connectivity index (χ3v) is 11.9. The molecule has 0 bridgehead atoms. The van der Waals surface area contributed by atoms with Gasteiger partial charge in [-0.2, -0.15) is 0 Å². The van der Waals surface area contributed by atoms with E-state index in [0.29, 0.717) is 19.3 Å². The molecule has 0 radical (unpaired) electrons. The maximum atomic E-state index is 12.8. The summed E-state index contributed by atoms with van der Waals surface area (Å²) in [6, 6.07) is 0. The number of carbonyl (C=O) groups is 3. The Morgan fingerprint density at radius 3 is 0.939 bits per heavy atom. The Hall–Kier alpha value is -3.15. The van der Waals surface area contributed by atoms with Crippen LogP contribution >= 0.6 is 0 Å². The van der Waals surface area contributed by atoms with Crippen molar-refractivity contribution in [2.45, 2.75) is 277 Å². The molecule has 6 heteroatoms. The molecule has 380 valence electrons. The molecule has 0 aliphatic carbocycles. The van der Waals surface area contributed by atoms with Crippen LogP contribution in [0.2, 0.25) is 0 Å². The van der Waals surface area contributed by atoms with Crippen molar-refractivity contribution < 1.29 is 28.6 Å². The van der Waals surface area contributed by atoms with Gasteiger partial charge in [0, 0.05) is 19.3 Å². The number of allylic oxidation sites excluding steroid dienone is 12. The topological polar surface area (TPSA) is 78.9 Å². The van der Waals surface area contributed by atoms with Crippen molar-refractivity contribution in [1.82, 2.24) is 0 Å². The smallest absolute Gasteiger partial charge is 0.306 e. The monoisotopic (exact) mass is 921 g/mol. The van der Waals surface area contributed by atoms with Gasteiger partial charge in [-0.05, 0) is 89.9 Å². The Morgan fingerprint density at radius 1 is 0.318 bits per heavy atom. The van der Waals surface area contributed by atoms with Gasteiger partial charge >= 0.3 is 17.9 Å². The van der Waals surface area contributed by atoms with Crippen molar-refractivity contribution in [2.75, 3.05) is 13.2 Å². The minimum absolute atomic E-state index is 0.0901. The van der Waals surface area contributed by atoms with E-state index in [1.165, 1.54) is 128 Å². The second-order valence-electron chi connectivity index (χ2n) is 18.5. The first-order valence-electron chi connectivity index (χ1n) is 27.9. The third-order valence-electron chi connectivity index (χ3n) is 11.9. The molecule has 0 spiro atoms. The lowest BCUT2D eigenvalue weighted by Gasteiger charge is -2.18. The van der Waals surface area contributed by atoms with Gasteiger partial charge in [-0.1, -0.05) is 235 Å². The Balaban J connectivity index is 4.39. The van der Waals surface area contributed by atoms with Crippen molar-refractivity contribution in [3.63, 3.8) is 0 Å². The summed E-state index contributed by atoms with van der Waals surface area (Å²) in [6.45, 7) is 6.49. The lowest BCUT2D eigenvalue weighted by atomic mass is 10.0. The predicted molar refractivity (Wildman–Crippen MR) is 284 cm³/mol. The molecule has 0 aromatic heterocycles. The van der Waals surface area contributed by atoms with Crippen LogP contribution in [0.5, 0.6) is 0 Å². The minimum Gasteiger partial charge on any atom is -0.462 e. The zero-order chi connectivity index (χ0) is 47.9. The second kappa shape index (κ2) is 54.5. The molecule has 0 fully saturated rings. The molecular formula is C60H104O6. The predicted octanol–water partition coefficient (Wildman–Crippen LogP) is 18.6. The van der Waals surface area contributed by atoms with Crippen molar-refractivity contribution in [1.29, 1.82) is 0 Å². The SMILES string of the molecule is CC/C=C\C/C=C\C/C=C\CCCCCC(=O)OCC(COC(=O)CCCCCCCC/C=C\C/C=C\C/C=C\CCCCCCC)OC(=O)CCCCCCCCCCCCCCCC. The number of unbranched alkanes of at least 4 members (excludes halogenated alkanes) is 27. The van der Waals surface area contributed by atoms with Crippen molar-refractivity contribution >= 4 is 17.9 Å². The number of rotatable bonds is 50. The highest BCUT2D eigenvalue weighted by atomic mass is 16.6. The fourth-order valence-electron chi connectivity index (χ4n) is 7.76. The van der Waals surface area contributed by atoms with Gasteiger partial charge < -0.3 is 14.2 Å². The minimum atomic E-state index is -0.791. The summed E-state index contributed by atoms with van der Waals surface area (Å²) in [5.74, 6) is -0.924. The number of hydrogen-bond donors (Lipinski definition) is 0. The van der Waals surface area contributed by atoms with E-state index < -0.39 is 6.10 Å². The molecule has 0 aromatic rings. The Kier molecular flexibility index (Phi) is 51.9. The van der Waals surface area contributed by atoms with Crippen molar-refractivity contribution in [3.8, 4) is 0 Å². The molecule has 0 N–H and O–H groups in total. The van der Waals surface area contributed by atoms with Crippen LogP contribution in [-0.2, 0) is 28.6 Å². The highest BCUT2D eigenvalue weighted by molar-refractivity contribution is 5.71. The zero-order valence-corrected chi connectivity index (χ0v) is 43.4. The number of hydrogen-bond acceptors (Lipinski definition) is 6. The first kappa shape index (κ1) is 62.8. The molecule has 6 nitrogen and oxygen atoms in total. The zero-order valence-electron chi connectivity index (χ0n) is 43.4. The van der Waals surface area contributed by atoms with Crippen LogP contribution in [0.1, 0.15) is 271 Å². The van der Waals surface area contributed by atoms with Crippen LogP contribution in [-0.4, -0.2) is 37.2 Å². The van der Waals surface area contributed by atoms with Gasteiger partial charge in [0.25, 0.3) is 0 Å². The maximum absolute atomic E-state index is 12.8. The third kappa shape index (κ3) is 51.8. The molecule has 1 unspecified atom stereocenters. The molecule has 66 heavy (non-hydrogen) atoms. The number of carbonyl (C=O) groups excluding carboxylic acids is 3. The highest BCUT2D eigenvalue weighted by Gasteiger charge is 2.19. The van der Waals surface area contributed by atoms with Gasteiger partial charge in [0.1, 0.15) is 13.2 Å². The molecular weight excluding hydrogens is 817 g/mol. The summed E-state index contributed by atoms with van der Waals surface area (Å²) >= 11 is 0. The fraction of sp³-hybridized carbons (Fsp3) is 0.750. The number of ether oxygens (including phenoxy) is 3. The lowest BCUT2D eigenvalue weighted by molar-refractivity contribution is -0.167. The van der Waals surface area contributed by atoms with E-state index in [0.717, 1.165) is 103 Å². The fourth-order valence-corrected chi connectivity index (χ4v) is 7.76. The van der Waals surface area contributed by atoms with Crippen LogP contribution in [0.25, 0.3) is 0 Å². The van der Waals surface area contributed by atoms with Gasteiger partial charge in [0.2, 0.25) is 0 Å². The van der Waals surface area contributed by atoms with Crippen LogP contribution in [0.4, 0.5) is 0 Å². The van der Waals surface area contributed by atoms with E-state index in [9.17, 15) is 14.4 Å². The molecule has 1 atom stereocenters. The molecule has 0 aliphatic heterocycles. The van der Waals surface area contributed by atoms with Crippen LogP contribution in [0.15, 0.2) is 72.9 Å².